The molecule has 0 atom stereocenters. The molecule has 0 N–H and O–H groups in total. The Morgan fingerprint density at radius 3 is 1.95 bits per heavy atom. The van der Waals surface area contributed by atoms with Gasteiger partial charge in [-0.1, -0.05) is 43.0 Å². The molecule has 3 aromatic carbocycles. The molecular weight excluding hydrogens is 505 g/mol. The van der Waals surface area contributed by atoms with E-state index in [1.807, 2.05) is 11.8 Å². The van der Waals surface area contributed by atoms with Gasteiger partial charge in [-0.05, 0) is 110 Å². The van der Waals surface area contributed by atoms with Crippen molar-refractivity contribution in [3.63, 3.8) is 0 Å². The summed E-state index contributed by atoms with van der Waals surface area (Å²) in [5.41, 5.74) is 2.42. The van der Waals surface area contributed by atoms with E-state index >= 15 is 0 Å². The van der Waals surface area contributed by atoms with Crippen LogP contribution in [0.5, 0.6) is 5.75 Å². The van der Waals surface area contributed by atoms with Crippen LogP contribution >= 0.6 is 11.8 Å². The van der Waals surface area contributed by atoms with E-state index in [0.717, 1.165) is 40.5 Å². The van der Waals surface area contributed by atoms with E-state index in [1.165, 1.54) is 56.6 Å². The molecule has 4 heteroatoms. The van der Waals surface area contributed by atoms with Crippen LogP contribution in [-0.2, 0) is 15.7 Å². The smallest absolute Gasteiger partial charge is 0.180 e. The Morgan fingerprint density at radius 2 is 1.39 bits per heavy atom. The van der Waals surface area contributed by atoms with Gasteiger partial charge in [0, 0.05) is 18.6 Å². The van der Waals surface area contributed by atoms with Crippen molar-refractivity contribution in [2.24, 2.45) is 29.1 Å². The maximum Gasteiger partial charge on any atom is 0.180 e. The molecule has 1 aliphatic heterocycles. The first-order valence-corrected chi connectivity index (χ1v) is 16.3. The topological polar surface area (TPSA) is 26.3 Å². The molecule has 0 spiro atoms. The zero-order valence-corrected chi connectivity index (χ0v) is 24.3. The molecule has 1 heterocycles. The van der Waals surface area contributed by atoms with Crippen molar-refractivity contribution < 1.29 is 9.53 Å². The first-order valence-electron chi connectivity index (χ1n) is 14.2. The van der Waals surface area contributed by atoms with Gasteiger partial charge >= 0.3 is 0 Å². The van der Waals surface area contributed by atoms with Gasteiger partial charge in [0.15, 0.2) is 20.5 Å². The van der Waals surface area contributed by atoms with Gasteiger partial charge in [-0.3, -0.25) is 4.79 Å². The standard InChI is InChI=1S/C34H37O2S2/c1-21-12-28(38-31-10-6-4-8-29(31)37-30-9-5-7-11-32(30)38)13-22(2)33(21)36-20-27(35)19-34(3)25-15-23-14-24(17-25)18-26(34)16-23/h4-13,23-26H,14-20H2,1-3H3/q+1. The Balaban J connectivity index is 1.11. The zero-order chi connectivity index (χ0) is 26.0. The summed E-state index contributed by atoms with van der Waals surface area (Å²) >= 11 is 1.87. The summed E-state index contributed by atoms with van der Waals surface area (Å²) in [6.07, 6.45) is 7.54. The SMILES string of the molecule is Cc1cc([S+]2c3ccccc3Sc3ccccc32)cc(C)c1OCC(=O)CC1(C)C2CC3CC(C2)CC1C3. The summed E-state index contributed by atoms with van der Waals surface area (Å²) in [6, 6.07) is 22.2. The van der Waals surface area contributed by atoms with E-state index in [0.29, 0.717) is 6.42 Å². The quantitative estimate of drug-likeness (QED) is 0.228. The summed E-state index contributed by atoms with van der Waals surface area (Å²) in [6.45, 7) is 6.88. The molecule has 0 unspecified atom stereocenters. The Labute approximate surface area is 234 Å². The summed E-state index contributed by atoms with van der Waals surface area (Å²) in [4.78, 5) is 20.1. The summed E-state index contributed by atoms with van der Waals surface area (Å²) in [5, 5.41) is 0. The van der Waals surface area contributed by atoms with Crippen LogP contribution in [0.25, 0.3) is 0 Å². The number of hydrogen-bond acceptors (Lipinski definition) is 3. The maximum absolute atomic E-state index is 13.3. The maximum atomic E-state index is 13.3. The third-order valence-corrected chi connectivity index (χ3v) is 13.7. The van der Waals surface area contributed by atoms with Crippen LogP contribution in [0.4, 0.5) is 0 Å². The van der Waals surface area contributed by atoms with E-state index in [2.05, 4.69) is 81.4 Å². The second kappa shape index (κ2) is 9.48. The van der Waals surface area contributed by atoms with Gasteiger partial charge in [0.05, 0.1) is 9.79 Å². The molecular formula is C34H37O2S2+. The fourth-order valence-electron chi connectivity index (χ4n) is 8.33. The van der Waals surface area contributed by atoms with Crippen molar-refractivity contribution in [3.05, 3.63) is 71.8 Å². The Morgan fingerprint density at radius 1 is 0.868 bits per heavy atom. The van der Waals surface area contributed by atoms with Gasteiger partial charge in [-0.15, -0.1) is 0 Å². The lowest BCUT2D eigenvalue weighted by molar-refractivity contribution is -0.137. The van der Waals surface area contributed by atoms with E-state index in [-0.39, 0.29) is 28.7 Å². The Hall–Kier alpha value is -2.17. The van der Waals surface area contributed by atoms with Crippen LogP contribution < -0.4 is 4.74 Å². The summed E-state index contributed by atoms with van der Waals surface area (Å²) in [7, 11) is -0.156. The third kappa shape index (κ3) is 4.14. The number of hydrogen-bond donors (Lipinski definition) is 0. The largest absolute Gasteiger partial charge is 0.485 e. The number of rotatable bonds is 6. The van der Waals surface area contributed by atoms with Crippen molar-refractivity contribution in [3.8, 4) is 5.75 Å². The highest BCUT2D eigenvalue weighted by atomic mass is 32.2. The molecule has 0 saturated heterocycles. The van der Waals surface area contributed by atoms with E-state index in [9.17, 15) is 4.79 Å². The van der Waals surface area contributed by atoms with Crippen LogP contribution in [0.1, 0.15) is 56.6 Å². The second-order valence-corrected chi connectivity index (χ2v) is 15.5. The average molecular weight is 542 g/mol. The van der Waals surface area contributed by atoms with Gasteiger partial charge in [-0.2, -0.15) is 0 Å². The number of ketones is 1. The molecule has 5 aliphatic rings. The predicted molar refractivity (Wildman–Crippen MR) is 155 cm³/mol. The number of carbonyl (C=O) groups is 1. The van der Waals surface area contributed by atoms with Crippen LogP contribution in [0, 0.1) is 42.9 Å². The predicted octanol–water partition coefficient (Wildman–Crippen LogP) is 8.66. The number of ether oxygens (including phenoxy) is 1. The molecule has 4 saturated carbocycles. The van der Waals surface area contributed by atoms with Crippen molar-refractivity contribution in [1.82, 2.24) is 0 Å². The Kier molecular flexibility index (Phi) is 6.20. The van der Waals surface area contributed by atoms with Crippen molar-refractivity contribution in [2.45, 2.75) is 83.8 Å². The second-order valence-electron chi connectivity index (χ2n) is 12.5. The van der Waals surface area contributed by atoms with E-state index in [4.69, 9.17) is 4.74 Å². The first-order chi connectivity index (χ1) is 18.4. The van der Waals surface area contributed by atoms with Gasteiger partial charge in [0.2, 0.25) is 0 Å². The highest BCUT2D eigenvalue weighted by Gasteiger charge is 2.55. The average Bonchev–Trinajstić information content (AvgIpc) is 2.89. The number of fused-ring (bicyclic) bond motifs is 2. The van der Waals surface area contributed by atoms with Crippen LogP contribution in [-0.4, -0.2) is 12.4 Å². The van der Waals surface area contributed by atoms with Crippen LogP contribution in [0.15, 0.2) is 85.1 Å². The molecule has 38 heavy (non-hydrogen) atoms. The van der Waals surface area contributed by atoms with Gasteiger partial charge in [-0.25, -0.2) is 0 Å². The number of benzene rings is 3. The minimum atomic E-state index is -0.156. The zero-order valence-electron chi connectivity index (χ0n) is 22.7. The molecule has 4 bridgehead atoms. The van der Waals surface area contributed by atoms with E-state index < -0.39 is 0 Å². The van der Waals surface area contributed by atoms with Gasteiger partial charge in [0.25, 0.3) is 0 Å². The molecule has 0 radical (unpaired) electrons. The molecule has 4 fully saturated rings. The summed E-state index contributed by atoms with van der Waals surface area (Å²) < 4.78 is 6.30. The van der Waals surface area contributed by atoms with Crippen molar-refractivity contribution >= 4 is 28.4 Å². The van der Waals surface area contributed by atoms with Gasteiger partial charge < -0.3 is 4.74 Å². The lowest BCUT2D eigenvalue weighted by Gasteiger charge is -2.60. The van der Waals surface area contributed by atoms with Crippen molar-refractivity contribution in [2.75, 3.05) is 6.61 Å². The number of carbonyl (C=O) groups excluding carboxylic acids is 1. The molecule has 4 aliphatic carbocycles. The summed E-state index contributed by atoms with van der Waals surface area (Å²) in [5.74, 6) is 4.51. The number of Topliss-reactive ketones (excluding diaryl/α,β-unsaturated/α-hetero) is 1. The molecule has 0 amide bonds. The highest BCUT2D eigenvalue weighted by molar-refractivity contribution is 8.04. The molecule has 8 rings (SSSR count). The van der Waals surface area contributed by atoms with Crippen LogP contribution in [0.3, 0.4) is 0 Å². The van der Waals surface area contributed by atoms with E-state index in [1.54, 1.807) is 0 Å². The third-order valence-electron chi connectivity index (χ3n) is 9.99. The molecule has 2 nitrogen and oxygen atoms in total. The molecule has 0 aromatic heterocycles. The minimum Gasteiger partial charge on any atom is -0.485 e. The normalized spacial score (nSPS) is 29.1. The van der Waals surface area contributed by atoms with Crippen LogP contribution in [0.2, 0.25) is 0 Å². The van der Waals surface area contributed by atoms with Gasteiger partial charge in [0.1, 0.15) is 23.3 Å². The molecule has 3 aromatic rings. The lowest BCUT2D eigenvalue weighted by Crippen LogP contribution is -2.52. The first kappa shape index (κ1) is 24.8. The number of aryl methyl sites for hydroxylation is 2. The van der Waals surface area contributed by atoms with Crippen molar-refractivity contribution in [1.29, 1.82) is 0 Å². The minimum absolute atomic E-state index is 0.156. The highest BCUT2D eigenvalue weighted by Crippen LogP contribution is 2.63. The lowest BCUT2D eigenvalue weighted by atomic mass is 9.45. The molecule has 196 valence electrons. The Bertz CT molecular complexity index is 1310. The fourth-order valence-corrected chi connectivity index (χ4v) is 12.3. The fraction of sp³-hybridized carbons (Fsp3) is 0.441. The monoisotopic (exact) mass is 541 g/mol.